The zero-order chi connectivity index (χ0) is 9.61. The summed E-state index contributed by atoms with van der Waals surface area (Å²) in [4.78, 5) is 0. The van der Waals surface area contributed by atoms with E-state index in [1.54, 1.807) is 12.7 Å². The summed E-state index contributed by atoms with van der Waals surface area (Å²) in [6, 6.07) is 0. The molecule has 0 radical (unpaired) electrons. The predicted octanol–water partition coefficient (Wildman–Crippen LogP) is 3.16. The van der Waals surface area contributed by atoms with E-state index in [9.17, 15) is 4.57 Å². The van der Waals surface area contributed by atoms with Crippen LogP contribution in [-0.2, 0) is 9.30 Å². The Bertz CT molecular complexity index is 162. The zero-order valence-corrected chi connectivity index (χ0v) is 9.06. The summed E-state index contributed by atoms with van der Waals surface area (Å²) in [6.07, 6.45) is 3.28. The average molecular weight is 189 g/mol. The second kappa shape index (κ2) is 5.45. The monoisotopic (exact) mass is 189 g/mol. The summed E-state index contributed by atoms with van der Waals surface area (Å²) in [7, 11) is -1.28. The number of rotatable bonds is 6. The van der Waals surface area contributed by atoms with Crippen molar-refractivity contribution in [2.45, 2.75) is 32.0 Å². The summed E-state index contributed by atoms with van der Waals surface area (Å²) in [6.45, 7) is 9.79. The van der Waals surface area contributed by atoms with Crippen LogP contribution >= 0.6 is 7.80 Å². The Morgan fingerprint density at radius 3 is 2.25 bits per heavy atom. The summed E-state index contributed by atoms with van der Waals surface area (Å²) < 4.78 is 17.0. The van der Waals surface area contributed by atoms with Crippen LogP contribution in [0.1, 0.15) is 26.7 Å². The highest BCUT2D eigenvalue weighted by Gasteiger charge is 2.43. The lowest BCUT2D eigenvalue weighted by atomic mass is 10.2. The smallest absolute Gasteiger partial charge is 0.329 e. The molecule has 0 amide bonds. The molecule has 0 bridgehead atoms. The molecule has 0 saturated heterocycles. The Morgan fingerprint density at radius 1 is 1.50 bits per heavy atom. The maximum Gasteiger partial charge on any atom is 0.370 e. The van der Waals surface area contributed by atoms with Crippen molar-refractivity contribution in [3.05, 3.63) is 12.7 Å². The fraction of sp³-hybridized carbons (Fsp3) is 0.778. The number of hydrogen-bond donors (Lipinski definition) is 0. The third kappa shape index (κ3) is 2.69. The quantitative estimate of drug-likeness (QED) is 0.474. The molecule has 0 aromatic rings. The van der Waals surface area contributed by atoms with Crippen LogP contribution in [0, 0.1) is 0 Å². The van der Waals surface area contributed by atoms with Crippen molar-refractivity contribution in [2.75, 3.05) is 13.3 Å². The minimum absolute atomic E-state index is 0.427. The van der Waals surface area contributed by atoms with Crippen LogP contribution in [-0.4, -0.2) is 18.6 Å². The van der Waals surface area contributed by atoms with Crippen LogP contribution in [0.25, 0.3) is 0 Å². The summed E-state index contributed by atoms with van der Waals surface area (Å²) in [5.74, 6) is 0. The van der Waals surface area contributed by atoms with E-state index in [1.807, 2.05) is 13.8 Å². The Labute approximate surface area is 75.8 Å². The lowest BCUT2D eigenvalue weighted by Gasteiger charge is -2.19. The molecular weight excluding hydrogens is 171 g/mol. The van der Waals surface area contributed by atoms with Gasteiger partial charge in [-0.25, -0.2) is 0 Å². The minimum atomic E-state index is -1.28. The Hall–Kier alpha value is -0.200. The molecule has 2 nitrogen and oxygen atoms in total. The van der Waals surface area contributed by atoms with Gasteiger partial charge in [0.2, 0.25) is 0 Å². The van der Waals surface area contributed by atoms with Crippen molar-refractivity contribution < 1.29 is 9.30 Å². The molecular formula is C9H18O2P+. The maximum absolute atomic E-state index is 11.4. The first-order chi connectivity index (χ1) is 5.63. The van der Waals surface area contributed by atoms with Crippen molar-refractivity contribution in [1.29, 1.82) is 0 Å². The van der Waals surface area contributed by atoms with Crippen molar-refractivity contribution in [3.8, 4) is 0 Å². The molecule has 3 heteroatoms. The Kier molecular flexibility index (Phi) is 5.36. The fourth-order valence-corrected chi connectivity index (χ4v) is 2.35. The molecule has 0 spiro atoms. The molecule has 0 aliphatic carbocycles. The van der Waals surface area contributed by atoms with Crippen LogP contribution in [0.4, 0.5) is 0 Å². The Balaban J connectivity index is 4.34. The van der Waals surface area contributed by atoms with E-state index in [-0.39, 0.29) is 0 Å². The van der Waals surface area contributed by atoms with Gasteiger partial charge in [-0.15, -0.1) is 6.58 Å². The van der Waals surface area contributed by atoms with Gasteiger partial charge in [0.05, 0.1) is 6.61 Å². The molecule has 0 fully saturated rings. The predicted molar refractivity (Wildman–Crippen MR) is 53.0 cm³/mol. The second-order valence-corrected chi connectivity index (χ2v) is 4.56. The normalized spacial score (nSPS) is 12.8. The van der Waals surface area contributed by atoms with Gasteiger partial charge in [-0.1, -0.05) is 24.5 Å². The van der Waals surface area contributed by atoms with Crippen LogP contribution in [0.3, 0.4) is 0 Å². The van der Waals surface area contributed by atoms with Gasteiger partial charge in [0.15, 0.2) is 0 Å². The Morgan fingerprint density at radius 2 is 2.00 bits per heavy atom. The van der Waals surface area contributed by atoms with Crippen LogP contribution in [0.2, 0.25) is 0 Å². The third-order valence-electron chi connectivity index (χ3n) is 2.15. The van der Waals surface area contributed by atoms with E-state index in [0.29, 0.717) is 6.61 Å². The molecule has 0 saturated carbocycles. The standard InChI is InChI=1S/C9H18O2P/c1-5-8-11-9(6-2,7-3)12(4)10/h5H,1,6-8H2,2-4H3/q+1. The van der Waals surface area contributed by atoms with Gasteiger partial charge in [0, 0.05) is 12.8 Å². The molecule has 1 unspecified atom stereocenters. The highest BCUT2D eigenvalue weighted by Crippen LogP contribution is 2.42. The number of hydrogen-bond acceptors (Lipinski definition) is 2. The summed E-state index contributed by atoms with van der Waals surface area (Å²) in [5.41, 5.74) is 0. The number of ether oxygens (including phenoxy) is 1. The molecule has 0 aliphatic heterocycles. The molecule has 0 aliphatic rings. The van der Waals surface area contributed by atoms with E-state index in [1.165, 1.54) is 0 Å². The van der Waals surface area contributed by atoms with Gasteiger partial charge in [-0.2, -0.15) is 0 Å². The molecule has 0 heterocycles. The highest BCUT2D eigenvalue weighted by atomic mass is 31.1. The van der Waals surface area contributed by atoms with E-state index < -0.39 is 13.1 Å². The summed E-state index contributed by atoms with van der Waals surface area (Å²) >= 11 is 0. The molecule has 12 heavy (non-hydrogen) atoms. The van der Waals surface area contributed by atoms with E-state index in [4.69, 9.17) is 4.74 Å². The molecule has 0 aromatic carbocycles. The maximum atomic E-state index is 11.4. The first-order valence-corrected chi connectivity index (χ1v) is 5.99. The largest absolute Gasteiger partial charge is 0.370 e. The van der Waals surface area contributed by atoms with Crippen LogP contribution < -0.4 is 0 Å². The van der Waals surface area contributed by atoms with Gasteiger partial charge in [-0.05, 0) is 0 Å². The average Bonchev–Trinajstić information content (AvgIpc) is 2.07. The van der Waals surface area contributed by atoms with Crippen LogP contribution in [0.5, 0.6) is 0 Å². The van der Waals surface area contributed by atoms with Gasteiger partial charge < -0.3 is 4.74 Å². The van der Waals surface area contributed by atoms with Crippen molar-refractivity contribution in [3.63, 3.8) is 0 Å². The van der Waals surface area contributed by atoms with Gasteiger partial charge in [0.25, 0.3) is 5.34 Å². The summed E-state index contributed by atoms with van der Waals surface area (Å²) in [5, 5.41) is -0.427. The topological polar surface area (TPSA) is 26.3 Å². The van der Waals surface area contributed by atoms with Gasteiger partial charge in [-0.3, -0.25) is 0 Å². The van der Waals surface area contributed by atoms with Crippen molar-refractivity contribution in [2.24, 2.45) is 0 Å². The van der Waals surface area contributed by atoms with Crippen LogP contribution in [0.15, 0.2) is 12.7 Å². The van der Waals surface area contributed by atoms with Gasteiger partial charge in [0.1, 0.15) is 6.66 Å². The van der Waals surface area contributed by atoms with Crippen molar-refractivity contribution in [1.82, 2.24) is 0 Å². The molecule has 70 valence electrons. The lowest BCUT2D eigenvalue weighted by molar-refractivity contribution is 0.0317. The lowest BCUT2D eigenvalue weighted by Crippen LogP contribution is -2.26. The molecule has 0 aromatic heterocycles. The first-order valence-electron chi connectivity index (χ1n) is 4.28. The van der Waals surface area contributed by atoms with E-state index in [0.717, 1.165) is 12.8 Å². The molecule has 1 atom stereocenters. The minimum Gasteiger partial charge on any atom is -0.329 e. The third-order valence-corrected chi connectivity index (χ3v) is 4.06. The molecule has 0 N–H and O–H groups in total. The zero-order valence-electron chi connectivity index (χ0n) is 8.17. The van der Waals surface area contributed by atoms with E-state index >= 15 is 0 Å². The van der Waals surface area contributed by atoms with Gasteiger partial charge >= 0.3 is 7.80 Å². The SMILES string of the molecule is C=CCOC(CC)(CC)[P+](C)=O. The van der Waals surface area contributed by atoms with Crippen molar-refractivity contribution >= 4 is 7.80 Å². The first kappa shape index (κ1) is 11.8. The molecule has 0 rings (SSSR count). The second-order valence-electron chi connectivity index (χ2n) is 2.75. The highest BCUT2D eigenvalue weighted by molar-refractivity contribution is 7.45. The van der Waals surface area contributed by atoms with E-state index in [2.05, 4.69) is 6.58 Å². The fourth-order valence-electron chi connectivity index (χ4n) is 1.20.